The Labute approximate surface area is 160 Å². The summed E-state index contributed by atoms with van der Waals surface area (Å²) in [4.78, 5) is 0. The highest BCUT2D eigenvalue weighted by Gasteiger charge is 2.20. The SMILES string of the molecule is Br.COc1ccc(-c2nnc3n2N=C(c2ccc(C)cc2)CS3)cc1. The Bertz CT molecular complexity index is 904. The number of aromatic nitrogens is 3. The van der Waals surface area contributed by atoms with Gasteiger partial charge in [0, 0.05) is 11.3 Å². The minimum atomic E-state index is 0. The van der Waals surface area contributed by atoms with Gasteiger partial charge in [-0.05, 0) is 36.8 Å². The minimum Gasteiger partial charge on any atom is -0.497 e. The number of hydrogen-bond acceptors (Lipinski definition) is 5. The van der Waals surface area contributed by atoms with Crippen LogP contribution in [0, 0.1) is 6.92 Å². The number of nitrogens with zero attached hydrogens (tertiary/aromatic N) is 4. The van der Waals surface area contributed by atoms with E-state index >= 15 is 0 Å². The molecule has 3 aromatic rings. The molecule has 0 saturated carbocycles. The van der Waals surface area contributed by atoms with Gasteiger partial charge in [0.1, 0.15) is 5.75 Å². The standard InChI is InChI=1S/C18H16N4OS.BrH/c1-12-3-5-13(6-4-12)16-11-24-18-20-19-17(22(18)21-16)14-7-9-15(23-2)10-8-14;/h3-10H,11H2,1-2H3;1H. The fourth-order valence-corrected chi connectivity index (χ4v) is 3.37. The maximum atomic E-state index is 5.21. The first kappa shape index (κ1) is 17.7. The Morgan fingerprint density at radius 1 is 0.960 bits per heavy atom. The van der Waals surface area contributed by atoms with Crippen LogP contribution in [0.2, 0.25) is 0 Å². The third-order valence-corrected chi connectivity index (χ3v) is 4.83. The summed E-state index contributed by atoms with van der Waals surface area (Å²) >= 11 is 1.65. The van der Waals surface area contributed by atoms with E-state index in [-0.39, 0.29) is 17.0 Å². The highest BCUT2D eigenvalue weighted by molar-refractivity contribution is 8.93. The van der Waals surface area contributed by atoms with E-state index in [0.717, 1.165) is 39.3 Å². The first-order chi connectivity index (χ1) is 11.7. The Morgan fingerprint density at radius 2 is 1.64 bits per heavy atom. The molecule has 2 heterocycles. The van der Waals surface area contributed by atoms with Gasteiger partial charge in [-0.25, -0.2) is 0 Å². The second-order valence-corrected chi connectivity index (χ2v) is 6.49. The minimum absolute atomic E-state index is 0. The molecule has 1 aromatic heterocycles. The van der Waals surface area contributed by atoms with Gasteiger partial charge in [-0.2, -0.15) is 9.78 Å². The topological polar surface area (TPSA) is 52.3 Å². The molecule has 4 rings (SSSR count). The van der Waals surface area contributed by atoms with E-state index in [0.29, 0.717) is 0 Å². The number of benzene rings is 2. The first-order valence-electron chi connectivity index (χ1n) is 7.62. The predicted molar refractivity (Wildman–Crippen MR) is 106 cm³/mol. The zero-order valence-electron chi connectivity index (χ0n) is 13.8. The van der Waals surface area contributed by atoms with Crippen molar-refractivity contribution in [3.63, 3.8) is 0 Å². The van der Waals surface area contributed by atoms with Crippen molar-refractivity contribution in [2.45, 2.75) is 12.1 Å². The predicted octanol–water partition coefficient (Wildman–Crippen LogP) is 4.20. The zero-order chi connectivity index (χ0) is 16.5. The number of thioether (sulfide) groups is 1. The van der Waals surface area contributed by atoms with Crippen LogP contribution < -0.4 is 4.74 Å². The molecule has 0 atom stereocenters. The fourth-order valence-electron chi connectivity index (χ4n) is 2.54. The monoisotopic (exact) mass is 416 g/mol. The zero-order valence-corrected chi connectivity index (χ0v) is 16.4. The van der Waals surface area contributed by atoms with E-state index in [4.69, 9.17) is 9.84 Å². The van der Waals surface area contributed by atoms with E-state index in [1.165, 1.54) is 5.56 Å². The van der Waals surface area contributed by atoms with Gasteiger partial charge in [0.05, 0.1) is 12.8 Å². The summed E-state index contributed by atoms with van der Waals surface area (Å²) in [5, 5.41) is 14.2. The molecule has 0 radical (unpaired) electrons. The number of fused-ring (bicyclic) bond motifs is 1. The maximum Gasteiger partial charge on any atom is 0.212 e. The second kappa shape index (κ2) is 7.41. The van der Waals surface area contributed by atoms with Gasteiger partial charge in [-0.3, -0.25) is 0 Å². The molecule has 0 saturated heterocycles. The summed E-state index contributed by atoms with van der Waals surface area (Å²) in [7, 11) is 1.66. The van der Waals surface area contributed by atoms with Crippen LogP contribution in [-0.2, 0) is 0 Å². The molecule has 1 aliphatic heterocycles. The summed E-state index contributed by atoms with van der Waals surface area (Å²) in [5.74, 6) is 2.35. The number of hydrogen-bond donors (Lipinski definition) is 0. The molecule has 128 valence electrons. The van der Waals surface area contributed by atoms with E-state index < -0.39 is 0 Å². The number of aryl methyl sites for hydroxylation is 1. The number of rotatable bonds is 3. The average Bonchev–Trinajstić information content (AvgIpc) is 3.05. The van der Waals surface area contributed by atoms with E-state index in [9.17, 15) is 0 Å². The number of halogens is 1. The van der Waals surface area contributed by atoms with Crippen LogP contribution in [0.4, 0.5) is 0 Å². The average molecular weight is 417 g/mol. The number of ether oxygens (including phenoxy) is 1. The lowest BCUT2D eigenvalue weighted by Gasteiger charge is -2.14. The molecular formula is C18H17BrN4OS. The van der Waals surface area contributed by atoms with Gasteiger partial charge < -0.3 is 4.74 Å². The van der Waals surface area contributed by atoms with Crippen molar-refractivity contribution in [2.24, 2.45) is 5.10 Å². The molecule has 0 fully saturated rings. The molecule has 7 heteroatoms. The van der Waals surface area contributed by atoms with Crippen LogP contribution in [0.3, 0.4) is 0 Å². The smallest absolute Gasteiger partial charge is 0.212 e. The van der Waals surface area contributed by atoms with Crippen molar-refractivity contribution in [1.82, 2.24) is 14.9 Å². The van der Waals surface area contributed by atoms with Crippen molar-refractivity contribution in [2.75, 3.05) is 12.9 Å². The molecular weight excluding hydrogens is 400 g/mol. The van der Waals surface area contributed by atoms with Crippen LogP contribution in [-0.4, -0.2) is 33.4 Å². The van der Waals surface area contributed by atoms with E-state index in [1.54, 1.807) is 18.9 Å². The third-order valence-electron chi connectivity index (χ3n) is 3.90. The summed E-state index contributed by atoms with van der Waals surface area (Å²) in [6.45, 7) is 2.08. The first-order valence-corrected chi connectivity index (χ1v) is 8.61. The lowest BCUT2D eigenvalue weighted by atomic mass is 10.1. The Hall–Kier alpha value is -2.12. The van der Waals surface area contributed by atoms with Gasteiger partial charge in [0.2, 0.25) is 5.16 Å². The Kier molecular flexibility index (Phi) is 5.24. The largest absolute Gasteiger partial charge is 0.497 e. The lowest BCUT2D eigenvalue weighted by Crippen LogP contribution is -2.13. The summed E-state index contributed by atoms with van der Waals surface area (Å²) in [5.41, 5.74) is 4.37. The van der Waals surface area contributed by atoms with Crippen molar-refractivity contribution >= 4 is 34.5 Å². The lowest BCUT2D eigenvalue weighted by molar-refractivity contribution is 0.415. The van der Waals surface area contributed by atoms with Crippen LogP contribution in [0.15, 0.2) is 58.8 Å². The van der Waals surface area contributed by atoms with Crippen molar-refractivity contribution in [3.05, 3.63) is 59.7 Å². The molecule has 5 nitrogen and oxygen atoms in total. The molecule has 0 amide bonds. The highest BCUT2D eigenvalue weighted by Crippen LogP contribution is 2.29. The Balaban J connectivity index is 0.00000182. The van der Waals surface area contributed by atoms with Crippen LogP contribution in [0.1, 0.15) is 11.1 Å². The van der Waals surface area contributed by atoms with Gasteiger partial charge in [0.15, 0.2) is 5.82 Å². The summed E-state index contributed by atoms with van der Waals surface area (Å²) < 4.78 is 7.03. The van der Waals surface area contributed by atoms with Crippen molar-refractivity contribution in [1.29, 1.82) is 0 Å². The second-order valence-electron chi connectivity index (χ2n) is 5.55. The number of methoxy groups -OCH3 is 1. The molecule has 0 unspecified atom stereocenters. The van der Waals surface area contributed by atoms with Crippen LogP contribution >= 0.6 is 28.7 Å². The van der Waals surface area contributed by atoms with Gasteiger partial charge in [0.25, 0.3) is 0 Å². The molecule has 0 aliphatic carbocycles. The molecule has 2 aromatic carbocycles. The van der Waals surface area contributed by atoms with Crippen molar-refractivity contribution < 1.29 is 4.74 Å². The quantitative estimate of drug-likeness (QED) is 0.641. The van der Waals surface area contributed by atoms with Crippen LogP contribution in [0.5, 0.6) is 5.75 Å². The van der Waals surface area contributed by atoms with Gasteiger partial charge in [-0.15, -0.1) is 27.2 Å². The van der Waals surface area contributed by atoms with Crippen molar-refractivity contribution in [3.8, 4) is 17.1 Å². The van der Waals surface area contributed by atoms with Crippen LogP contribution in [0.25, 0.3) is 11.4 Å². The molecule has 25 heavy (non-hydrogen) atoms. The molecule has 0 N–H and O–H groups in total. The third kappa shape index (κ3) is 3.48. The van der Waals surface area contributed by atoms with E-state index in [2.05, 4.69) is 41.4 Å². The molecule has 0 bridgehead atoms. The maximum absolute atomic E-state index is 5.21. The van der Waals surface area contributed by atoms with Gasteiger partial charge >= 0.3 is 0 Å². The normalized spacial score (nSPS) is 12.8. The summed E-state index contributed by atoms with van der Waals surface area (Å²) in [6, 6.07) is 16.2. The summed E-state index contributed by atoms with van der Waals surface area (Å²) in [6.07, 6.45) is 0. The Morgan fingerprint density at radius 3 is 2.32 bits per heavy atom. The van der Waals surface area contributed by atoms with E-state index in [1.807, 2.05) is 28.9 Å². The van der Waals surface area contributed by atoms with Gasteiger partial charge in [-0.1, -0.05) is 41.6 Å². The highest BCUT2D eigenvalue weighted by atomic mass is 79.9. The fraction of sp³-hybridized carbons (Fsp3) is 0.167. The molecule has 0 spiro atoms. The molecule has 1 aliphatic rings.